The second-order valence-corrected chi connectivity index (χ2v) is 7.40. The molecule has 0 saturated carbocycles. The molecule has 0 aliphatic carbocycles. The minimum Gasteiger partial charge on any atom is -0.372 e. The molecular formula is C24H31IN4O2. The predicted octanol–water partition coefficient (Wildman–Crippen LogP) is 5.00. The highest BCUT2D eigenvalue weighted by atomic mass is 127. The van der Waals surface area contributed by atoms with Gasteiger partial charge in [-0.05, 0) is 22.6 Å². The first kappa shape index (κ1) is 24.9. The third-order valence-electron chi connectivity index (χ3n) is 4.76. The lowest BCUT2D eigenvalue weighted by Gasteiger charge is -2.14. The van der Waals surface area contributed by atoms with E-state index < -0.39 is 0 Å². The molecule has 0 amide bonds. The summed E-state index contributed by atoms with van der Waals surface area (Å²) in [4.78, 5) is 4.29. The van der Waals surface area contributed by atoms with Crippen molar-refractivity contribution in [3.05, 3.63) is 88.8 Å². The molecule has 1 heterocycles. The number of hydrogen-bond donors (Lipinski definition) is 2. The van der Waals surface area contributed by atoms with Gasteiger partial charge in [-0.1, -0.05) is 73.6 Å². The second kappa shape index (κ2) is 13.1. The summed E-state index contributed by atoms with van der Waals surface area (Å²) in [7, 11) is 1.75. The Morgan fingerprint density at radius 2 is 1.65 bits per heavy atom. The molecule has 0 spiro atoms. The number of benzene rings is 2. The van der Waals surface area contributed by atoms with Crippen LogP contribution >= 0.6 is 24.0 Å². The molecule has 0 bridgehead atoms. The van der Waals surface area contributed by atoms with E-state index >= 15 is 0 Å². The molecule has 2 aromatic carbocycles. The van der Waals surface area contributed by atoms with Gasteiger partial charge in [0.1, 0.15) is 0 Å². The first-order valence-corrected chi connectivity index (χ1v) is 10.2. The van der Waals surface area contributed by atoms with Crippen LogP contribution in [0.15, 0.2) is 70.2 Å². The summed E-state index contributed by atoms with van der Waals surface area (Å²) in [5.41, 5.74) is 4.47. The normalized spacial score (nSPS) is 11.3. The molecule has 0 aliphatic rings. The number of aromatic nitrogens is 1. The zero-order chi connectivity index (χ0) is 21.2. The summed E-state index contributed by atoms with van der Waals surface area (Å²) in [6, 6.07) is 20.5. The summed E-state index contributed by atoms with van der Waals surface area (Å²) in [6.45, 7) is 6.53. The summed E-state index contributed by atoms with van der Waals surface area (Å²) in [5, 5.41) is 10.7. The second-order valence-electron chi connectivity index (χ2n) is 7.40. The monoisotopic (exact) mass is 534 g/mol. The Kier molecular flexibility index (Phi) is 10.5. The molecule has 166 valence electrons. The average Bonchev–Trinajstić information content (AvgIpc) is 3.25. The Hall–Kier alpha value is -2.39. The van der Waals surface area contributed by atoms with Crippen LogP contribution in [0.1, 0.15) is 47.9 Å². The fraction of sp³-hybridized carbons (Fsp3) is 0.333. The lowest BCUT2D eigenvalue weighted by molar-refractivity contribution is 0.106. The van der Waals surface area contributed by atoms with Gasteiger partial charge >= 0.3 is 0 Å². The maximum atomic E-state index is 5.91. The van der Waals surface area contributed by atoms with Gasteiger partial charge in [-0.2, -0.15) is 0 Å². The zero-order valence-electron chi connectivity index (χ0n) is 18.3. The number of aliphatic imine (C=N–C) groups is 1. The van der Waals surface area contributed by atoms with E-state index in [0.717, 1.165) is 17.0 Å². The van der Waals surface area contributed by atoms with E-state index in [2.05, 4.69) is 58.9 Å². The third kappa shape index (κ3) is 7.99. The standard InChI is InChI=1S/C24H30N4O2.HI/c1-18(2)23-13-22(30-28-23)15-27-24(25-3)26-14-20-11-7-8-12-21(20)17-29-16-19-9-5-4-6-10-19;/h4-13,18H,14-17H2,1-3H3,(H2,25,26,27);1H. The quantitative estimate of drug-likeness (QED) is 0.230. The summed E-state index contributed by atoms with van der Waals surface area (Å²) < 4.78 is 11.3. The van der Waals surface area contributed by atoms with E-state index in [-0.39, 0.29) is 24.0 Å². The van der Waals surface area contributed by atoms with Crippen molar-refractivity contribution in [1.29, 1.82) is 0 Å². The van der Waals surface area contributed by atoms with Crippen LogP contribution in [0, 0.1) is 0 Å². The Labute approximate surface area is 201 Å². The lowest BCUT2D eigenvalue weighted by atomic mass is 10.1. The molecule has 31 heavy (non-hydrogen) atoms. The first-order chi connectivity index (χ1) is 14.7. The van der Waals surface area contributed by atoms with E-state index in [9.17, 15) is 0 Å². The van der Waals surface area contributed by atoms with E-state index in [0.29, 0.717) is 38.2 Å². The van der Waals surface area contributed by atoms with Crippen molar-refractivity contribution >= 4 is 29.9 Å². The van der Waals surface area contributed by atoms with Crippen LogP contribution in [-0.2, 0) is 31.0 Å². The number of hydrogen-bond acceptors (Lipinski definition) is 4. The van der Waals surface area contributed by atoms with Crippen LogP contribution in [0.5, 0.6) is 0 Å². The van der Waals surface area contributed by atoms with Crippen molar-refractivity contribution in [3.63, 3.8) is 0 Å². The minimum atomic E-state index is 0. The van der Waals surface area contributed by atoms with Gasteiger partial charge in [0.15, 0.2) is 11.7 Å². The van der Waals surface area contributed by atoms with E-state index in [1.165, 1.54) is 11.1 Å². The van der Waals surface area contributed by atoms with Crippen molar-refractivity contribution < 1.29 is 9.26 Å². The largest absolute Gasteiger partial charge is 0.372 e. The number of nitrogens with one attached hydrogen (secondary N) is 2. The molecular weight excluding hydrogens is 503 g/mol. The summed E-state index contributed by atoms with van der Waals surface area (Å²) >= 11 is 0. The summed E-state index contributed by atoms with van der Waals surface area (Å²) in [6.07, 6.45) is 0. The Balaban J connectivity index is 0.00000341. The van der Waals surface area contributed by atoms with Gasteiger partial charge in [-0.25, -0.2) is 0 Å². The maximum Gasteiger partial charge on any atom is 0.191 e. The first-order valence-electron chi connectivity index (χ1n) is 10.2. The molecule has 0 unspecified atom stereocenters. The Bertz CT molecular complexity index is 942. The predicted molar refractivity (Wildman–Crippen MR) is 134 cm³/mol. The zero-order valence-corrected chi connectivity index (χ0v) is 20.6. The van der Waals surface area contributed by atoms with Crippen LogP contribution in [-0.4, -0.2) is 18.2 Å². The van der Waals surface area contributed by atoms with Crippen molar-refractivity contribution in [3.8, 4) is 0 Å². The third-order valence-corrected chi connectivity index (χ3v) is 4.76. The highest BCUT2D eigenvalue weighted by Gasteiger charge is 2.09. The van der Waals surface area contributed by atoms with E-state index in [1.54, 1.807) is 7.05 Å². The highest BCUT2D eigenvalue weighted by molar-refractivity contribution is 14.0. The van der Waals surface area contributed by atoms with Crippen LogP contribution < -0.4 is 10.6 Å². The lowest BCUT2D eigenvalue weighted by Crippen LogP contribution is -2.36. The topological polar surface area (TPSA) is 71.7 Å². The Morgan fingerprint density at radius 3 is 2.32 bits per heavy atom. The molecule has 3 aromatic rings. The van der Waals surface area contributed by atoms with Crippen LogP contribution in [0.4, 0.5) is 0 Å². The molecule has 0 atom stereocenters. The summed E-state index contributed by atoms with van der Waals surface area (Å²) in [5.74, 6) is 1.84. The fourth-order valence-electron chi connectivity index (χ4n) is 2.98. The van der Waals surface area contributed by atoms with Crippen molar-refractivity contribution in [2.75, 3.05) is 7.05 Å². The van der Waals surface area contributed by atoms with Gasteiger partial charge in [-0.3, -0.25) is 4.99 Å². The van der Waals surface area contributed by atoms with E-state index in [1.807, 2.05) is 36.4 Å². The van der Waals surface area contributed by atoms with Crippen molar-refractivity contribution in [2.24, 2.45) is 4.99 Å². The van der Waals surface area contributed by atoms with Gasteiger partial charge in [0, 0.05) is 19.7 Å². The number of rotatable bonds is 9. The number of ether oxygens (including phenoxy) is 1. The van der Waals surface area contributed by atoms with E-state index in [4.69, 9.17) is 9.26 Å². The Morgan fingerprint density at radius 1 is 0.968 bits per heavy atom. The van der Waals surface area contributed by atoms with Gasteiger partial charge in [0.05, 0.1) is 25.5 Å². The fourth-order valence-corrected chi connectivity index (χ4v) is 2.98. The molecule has 1 aromatic heterocycles. The number of halogens is 1. The molecule has 0 fully saturated rings. The molecule has 6 nitrogen and oxygen atoms in total. The van der Waals surface area contributed by atoms with Gasteiger partial charge in [-0.15, -0.1) is 24.0 Å². The molecule has 7 heteroatoms. The molecule has 3 rings (SSSR count). The number of guanidine groups is 1. The average molecular weight is 534 g/mol. The van der Waals surface area contributed by atoms with Gasteiger partial charge in [0.25, 0.3) is 0 Å². The molecule has 0 saturated heterocycles. The minimum absolute atomic E-state index is 0. The SMILES string of the molecule is CN=C(NCc1cc(C(C)C)no1)NCc1ccccc1COCc1ccccc1.I. The van der Waals surface area contributed by atoms with Gasteiger partial charge < -0.3 is 19.9 Å². The maximum absolute atomic E-state index is 5.91. The molecule has 0 aliphatic heterocycles. The number of nitrogens with zero attached hydrogens (tertiary/aromatic N) is 2. The van der Waals surface area contributed by atoms with Crippen molar-refractivity contribution in [1.82, 2.24) is 15.8 Å². The van der Waals surface area contributed by atoms with Crippen LogP contribution in [0.2, 0.25) is 0 Å². The smallest absolute Gasteiger partial charge is 0.191 e. The van der Waals surface area contributed by atoms with Gasteiger partial charge in [0.2, 0.25) is 0 Å². The van der Waals surface area contributed by atoms with Crippen LogP contribution in [0.25, 0.3) is 0 Å². The molecule has 2 N–H and O–H groups in total. The highest BCUT2D eigenvalue weighted by Crippen LogP contribution is 2.14. The van der Waals surface area contributed by atoms with Crippen molar-refractivity contribution in [2.45, 2.75) is 46.1 Å². The van der Waals surface area contributed by atoms with Crippen LogP contribution in [0.3, 0.4) is 0 Å². The molecule has 0 radical (unpaired) electrons.